The number of benzene rings is 2. The van der Waals surface area contributed by atoms with Crippen molar-refractivity contribution in [3.05, 3.63) is 59.7 Å². The highest BCUT2D eigenvalue weighted by molar-refractivity contribution is 7.99. The molecule has 34 heavy (non-hydrogen) atoms. The minimum Gasteiger partial charge on any atom is -0.493 e. The first-order valence-corrected chi connectivity index (χ1v) is 12.5. The lowest BCUT2D eigenvalue weighted by molar-refractivity contribution is -0.124. The number of nitrogens with zero attached hydrogens (tertiary/aromatic N) is 2. The molecule has 0 spiro atoms. The van der Waals surface area contributed by atoms with E-state index in [9.17, 15) is 9.59 Å². The molecule has 4 rings (SSSR count). The molecule has 0 radical (unpaired) electrons. The van der Waals surface area contributed by atoms with E-state index in [0.29, 0.717) is 29.4 Å². The highest BCUT2D eigenvalue weighted by Gasteiger charge is 2.42. The number of hydrogen-bond acceptors (Lipinski definition) is 7. The number of hydrogen-bond donors (Lipinski definition) is 1. The van der Waals surface area contributed by atoms with Crippen molar-refractivity contribution in [3.63, 3.8) is 0 Å². The predicted molar refractivity (Wildman–Crippen MR) is 131 cm³/mol. The Morgan fingerprint density at radius 3 is 2.50 bits per heavy atom. The predicted octanol–water partition coefficient (Wildman–Crippen LogP) is 2.41. The van der Waals surface area contributed by atoms with Gasteiger partial charge in [0, 0.05) is 37.5 Å². The minimum atomic E-state index is -0.569. The Labute approximate surface area is 204 Å². The summed E-state index contributed by atoms with van der Waals surface area (Å²) in [6.45, 7) is 4.48. The Hall–Kier alpha value is -2.75. The second-order valence-corrected chi connectivity index (χ2v) is 9.25. The molecule has 2 atom stereocenters. The topological polar surface area (TPSA) is 80.3 Å². The standard InChI is InChI=1S/C25H31N3O5S/c1-31-21-9-8-19(16-22(21)32-2)24(30)28-20(17-34-25(28)18-6-4-3-5-7-18)23(29)26-10-11-27-12-14-33-15-13-27/h3-9,16,20,25H,10-15,17H2,1-2H3,(H,26,29). The van der Waals surface area contributed by atoms with Crippen molar-refractivity contribution in [2.75, 3.05) is 59.4 Å². The molecule has 2 aliphatic rings. The summed E-state index contributed by atoms with van der Waals surface area (Å²) in [6, 6.07) is 14.3. The third kappa shape index (κ3) is 5.48. The van der Waals surface area contributed by atoms with Gasteiger partial charge in [-0.1, -0.05) is 30.3 Å². The molecule has 2 fully saturated rings. The van der Waals surface area contributed by atoms with Crippen LogP contribution in [-0.4, -0.2) is 87.0 Å². The van der Waals surface area contributed by atoms with Crippen molar-refractivity contribution in [2.45, 2.75) is 11.4 Å². The van der Waals surface area contributed by atoms with Crippen molar-refractivity contribution >= 4 is 23.6 Å². The van der Waals surface area contributed by atoms with Gasteiger partial charge in [0.05, 0.1) is 27.4 Å². The quantitative estimate of drug-likeness (QED) is 0.615. The Morgan fingerprint density at radius 2 is 1.79 bits per heavy atom. The Kier molecular flexibility index (Phi) is 8.31. The summed E-state index contributed by atoms with van der Waals surface area (Å²) in [4.78, 5) is 30.9. The summed E-state index contributed by atoms with van der Waals surface area (Å²) in [6.07, 6.45) is 0. The van der Waals surface area contributed by atoms with Crippen LogP contribution in [0.4, 0.5) is 0 Å². The summed E-state index contributed by atoms with van der Waals surface area (Å²) in [7, 11) is 3.09. The fourth-order valence-corrected chi connectivity index (χ4v) is 5.66. The molecule has 9 heteroatoms. The Balaban J connectivity index is 1.53. The number of carbonyl (C=O) groups is 2. The normalized spacial score (nSPS) is 20.7. The van der Waals surface area contributed by atoms with E-state index in [-0.39, 0.29) is 17.2 Å². The zero-order valence-electron chi connectivity index (χ0n) is 19.6. The number of morpholine rings is 1. The zero-order chi connectivity index (χ0) is 23.9. The SMILES string of the molecule is COc1ccc(C(=O)N2C(C(=O)NCCN3CCOCC3)CSC2c2ccccc2)cc1OC. The first kappa shape index (κ1) is 24.4. The van der Waals surface area contributed by atoms with Crippen LogP contribution in [0.5, 0.6) is 11.5 Å². The van der Waals surface area contributed by atoms with Crippen molar-refractivity contribution in [1.29, 1.82) is 0 Å². The van der Waals surface area contributed by atoms with Crippen LogP contribution < -0.4 is 14.8 Å². The number of carbonyl (C=O) groups excluding carboxylic acids is 2. The third-order valence-electron chi connectivity index (χ3n) is 6.08. The van der Waals surface area contributed by atoms with Crippen LogP contribution in [0, 0.1) is 0 Å². The fraction of sp³-hybridized carbons (Fsp3) is 0.440. The molecule has 0 saturated carbocycles. The first-order chi connectivity index (χ1) is 16.6. The molecule has 0 bridgehead atoms. The molecule has 182 valence electrons. The van der Waals surface area contributed by atoms with Crippen LogP contribution in [0.3, 0.4) is 0 Å². The average molecular weight is 486 g/mol. The molecule has 0 aromatic heterocycles. The monoisotopic (exact) mass is 485 g/mol. The molecule has 8 nitrogen and oxygen atoms in total. The smallest absolute Gasteiger partial charge is 0.255 e. The van der Waals surface area contributed by atoms with Gasteiger partial charge in [-0.05, 0) is 23.8 Å². The highest BCUT2D eigenvalue weighted by Crippen LogP contribution is 2.42. The Morgan fingerprint density at radius 1 is 1.06 bits per heavy atom. The van der Waals surface area contributed by atoms with E-state index in [4.69, 9.17) is 14.2 Å². The molecule has 2 saturated heterocycles. The maximum Gasteiger partial charge on any atom is 0.255 e. The van der Waals surface area contributed by atoms with Crippen LogP contribution in [0.1, 0.15) is 21.3 Å². The van der Waals surface area contributed by atoms with Crippen LogP contribution in [-0.2, 0) is 9.53 Å². The van der Waals surface area contributed by atoms with Crippen LogP contribution >= 0.6 is 11.8 Å². The molecule has 2 unspecified atom stereocenters. The van der Waals surface area contributed by atoms with Gasteiger partial charge in [-0.3, -0.25) is 14.5 Å². The van der Waals surface area contributed by atoms with Gasteiger partial charge < -0.3 is 24.4 Å². The molecule has 2 heterocycles. The molecular formula is C25H31N3O5S. The Bertz CT molecular complexity index is 984. The van der Waals surface area contributed by atoms with Crippen LogP contribution in [0.2, 0.25) is 0 Å². The molecule has 2 amide bonds. The molecule has 2 aromatic rings. The highest BCUT2D eigenvalue weighted by atomic mass is 32.2. The average Bonchev–Trinajstić information content (AvgIpc) is 3.34. The number of ether oxygens (including phenoxy) is 3. The van der Waals surface area contributed by atoms with Gasteiger partial charge in [-0.2, -0.15) is 0 Å². The maximum absolute atomic E-state index is 13.7. The van der Waals surface area contributed by atoms with Crippen LogP contribution in [0.15, 0.2) is 48.5 Å². The van der Waals surface area contributed by atoms with Gasteiger partial charge in [0.2, 0.25) is 5.91 Å². The molecule has 1 N–H and O–H groups in total. The summed E-state index contributed by atoms with van der Waals surface area (Å²) in [5.74, 6) is 1.21. The van der Waals surface area contributed by atoms with E-state index < -0.39 is 6.04 Å². The second-order valence-electron chi connectivity index (χ2n) is 8.14. The van der Waals surface area contributed by atoms with Gasteiger partial charge in [0.15, 0.2) is 11.5 Å². The minimum absolute atomic E-state index is 0.131. The van der Waals surface area contributed by atoms with E-state index in [0.717, 1.165) is 38.4 Å². The number of thioether (sulfide) groups is 1. The molecular weight excluding hydrogens is 454 g/mol. The molecule has 2 aromatic carbocycles. The number of nitrogens with one attached hydrogen (secondary N) is 1. The summed E-state index contributed by atoms with van der Waals surface area (Å²) < 4.78 is 16.1. The van der Waals surface area contributed by atoms with Gasteiger partial charge in [0.1, 0.15) is 11.4 Å². The van der Waals surface area contributed by atoms with Gasteiger partial charge in [0.25, 0.3) is 5.91 Å². The number of rotatable bonds is 8. The largest absolute Gasteiger partial charge is 0.493 e. The lowest BCUT2D eigenvalue weighted by Gasteiger charge is -2.30. The van der Waals surface area contributed by atoms with E-state index in [1.165, 1.54) is 7.11 Å². The van der Waals surface area contributed by atoms with Crippen molar-refractivity contribution in [2.24, 2.45) is 0 Å². The summed E-state index contributed by atoms with van der Waals surface area (Å²) in [5.41, 5.74) is 1.44. The fourth-order valence-electron chi connectivity index (χ4n) is 4.23. The molecule has 0 aliphatic carbocycles. The first-order valence-electron chi connectivity index (χ1n) is 11.4. The summed E-state index contributed by atoms with van der Waals surface area (Å²) in [5, 5.41) is 2.79. The third-order valence-corrected chi connectivity index (χ3v) is 7.41. The lowest BCUT2D eigenvalue weighted by Crippen LogP contribution is -2.49. The van der Waals surface area contributed by atoms with E-state index in [1.54, 1.807) is 42.0 Å². The van der Waals surface area contributed by atoms with Gasteiger partial charge in [-0.25, -0.2) is 0 Å². The molecule has 2 aliphatic heterocycles. The number of amides is 2. The van der Waals surface area contributed by atoms with E-state index in [1.807, 2.05) is 30.3 Å². The van der Waals surface area contributed by atoms with Crippen molar-refractivity contribution in [3.8, 4) is 11.5 Å². The van der Waals surface area contributed by atoms with Crippen LogP contribution in [0.25, 0.3) is 0 Å². The summed E-state index contributed by atoms with van der Waals surface area (Å²) >= 11 is 1.60. The van der Waals surface area contributed by atoms with Crippen molar-refractivity contribution < 1.29 is 23.8 Å². The number of methoxy groups -OCH3 is 2. The van der Waals surface area contributed by atoms with Gasteiger partial charge in [-0.15, -0.1) is 11.8 Å². The lowest BCUT2D eigenvalue weighted by atomic mass is 10.1. The maximum atomic E-state index is 13.7. The van der Waals surface area contributed by atoms with Gasteiger partial charge >= 0.3 is 0 Å². The second kappa shape index (κ2) is 11.6. The zero-order valence-corrected chi connectivity index (χ0v) is 20.4. The van der Waals surface area contributed by atoms with E-state index >= 15 is 0 Å². The van der Waals surface area contributed by atoms with E-state index in [2.05, 4.69) is 10.2 Å². The van der Waals surface area contributed by atoms with Crippen molar-refractivity contribution in [1.82, 2.24) is 15.1 Å².